The molecule has 0 spiro atoms. The van der Waals surface area contributed by atoms with Crippen LogP contribution in [0.2, 0.25) is 0 Å². The molecule has 0 saturated heterocycles. The van der Waals surface area contributed by atoms with Gasteiger partial charge >= 0.3 is 11.5 Å². The third-order valence-corrected chi connectivity index (χ3v) is 5.37. The number of rotatable bonds is 4. The van der Waals surface area contributed by atoms with E-state index in [1.165, 1.54) is 18.2 Å². The highest BCUT2D eigenvalue weighted by atomic mass is 32.2. The minimum atomic E-state index is -5.39. The van der Waals surface area contributed by atoms with Crippen LogP contribution < -0.4 is 0 Å². The average molecular weight is 362 g/mol. The molecule has 0 heterocycles. The monoisotopic (exact) mass is 362 g/mol. The number of alkyl halides is 3. The van der Waals surface area contributed by atoms with Gasteiger partial charge < -0.3 is 5.11 Å². The zero-order valence-electron chi connectivity index (χ0n) is 11.2. The fraction of sp³-hybridized carbons (Fsp3) is 0.0714. The third kappa shape index (κ3) is 3.67. The van der Waals surface area contributed by atoms with Crippen molar-refractivity contribution in [1.29, 1.82) is 0 Å². The number of halogens is 3. The molecular weight excluding hydrogens is 353 g/mol. The Bertz CT molecular complexity index is 828. The Hall–Kier alpha value is -2.00. The number of carbonyl (C=O) groups is 1. The molecule has 0 aliphatic carbocycles. The van der Waals surface area contributed by atoms with Gasteiger partial charge in [-0.05, 0) is 36.4 Å². The van der Waals surface area contributed by atoms with Crippen molar-refractivity contribution >= 4 is 27.6 Å². The van der Waals surface area contributed by atoms with E-state index in [1.807, 2.05) is 0 Å². The summed E-state index contributed by atoms with van der Waals surface area (Å²) in [6.45, 7) is 0. The summed E-state index contributed by atoms with van der Waals surface area (Å²) in [5.41, 5.74) is -5.32. The lowest BCUT2D eigenvalue weighted by Crippen LogP contribution is -2.23. The standard InChI is InChI=1S/C14H9F3O4S2/c15-14(16,17)23(20,21)10-7-5-9(6-8-10)22-12-4-2-1-3-11(12)13(18)19/h1-8H,(H,18,19). The zero-order chi connectivity index (χ0) is 17.3. The Kier molecular flexibility index (Phi) is 4.71. The van der Waals surface area contributed by atoms with Crippen molar-refractivity contribution in [2.75, 3.05) is 0 Å². The molecule has 9 heteroatoms. The van der Waals surface area contributed by atoms with Crippen molar-refractivity contribution in [3.63, 3.8) is 0 Å². The fourth-order valence-electron chi connectivity index (χ4n) is 1.68. The van der Waals surface area contributed by atoms with E-state index in [0.717, 1.165) is 23.9 Å². The molecule has 2 aromatic rings. The molecule has 0 aliphatic rings. The van der Waals surface area contributed by atoms with Gasteiger partial charge in [0.15, 0.2) is 0 Å². The second-order valence-electron chi connectivity index (χ2n) is 4.32. The van der Waals surface area contributed by atoms with Crippen molar-refractivity contribution in [2.45, 2.75) is 20.2 Å². The van der Waals surface area contributed by atoms with Gasteiger partial charge in [0.05, 0.1) is 10.5 Å². The van der Waals surface area contributed by atoms with Crippen LogP contribution in [-0.4, -0.2) is 25.0 Å². The molecule has 0 atom stereocenters. The van der Waals surface area contributed by atoms with Crippen LogP contribution in [0.15, 0.2) is 63.2 Å². The molecule has 1 N–H and O–H groups in total. The lowest BCUT2D eigenvalue weighted by molar-refractivity contribution is -0.0436. The zero-order valence-corrected chi connectivity index (χ0v) is 12.9. The van der Waals surface area contributed by atoms with Crippen LogP contribution in [0, 0.1) is 0 Å². The van der Waals surface area contributed by atoms with Crippen LogP contribution >= 0.6 is 11.8 Å². The van der Waals surface area contributed by atoms with Gasteiger partial charge in [-0.3, -0.25) is 0 Å². The van der Waals surface area contributed by atoms with Crippen molar-refractivity contribution in [3.8, 4) is 0 Å². The van der Waals surface area contributed by atoms with Crippen LogP contribution in [0.5, 0.6) is 0 Å². The second-order valence-corrected chi connectivity index (χ2v) is 7.38. The molecule has 0 aliphatic heterocycles. The van der Waals surface area contributed by atoms with Crippen molar-refractivity contribution < 1.29 is 31.5 Å². The van der Waals surface area contributed by atoms with Gasteiger partial charge in [0.25, 0.3) is 9.84 Å². The van der Waals surface area contributed by atoms with Crippen LogP contribution in [0.3, 0.4) is 0 Å². The Morgan fingerprint density at radius 1 is 1.00 bits per heavy atom. The maximum absolute atomic E-state index is 12.4. The van der Waals surface area contributed by atoms with Crippen LogP contribution in [0.1, 0.15) is 10.4 Å². The number of carboxylic acids is 1. The number of hydrogen-bond donors (Lipinski definition) is 1. The number of aromatic carboxylic acids is 1. The summed E-state index contributed by atoms with van der Waals surface area (Å²) in [4.78, 5) is 11.0. The van der Waals surface area contributed by atoms with Crippen molar-refractivity contribution in [2.24, 2.45) is 0 Å². The van der Waals surface area contributed by atoms with Crippen LogP contribution in [0.25, 0.3) is 0 Å². The first kappa shape index (κ1) is 17.4. The molecule has 0 bridgehead atoms. The molecule has 23 heavy (non-hydrogen) atoms. The molecule has 2 aromatic carbocycles. The smallest absolute Gasteiger partial charge is 0.478 e. The van der Waals surface area contributed by atoms with Gasteiger partial charge in [-0.25, -0.2) is 13.2 Å². The lowest BCUT2D eigenvalue weighted by Gasteiger charge is -2.09. The molecule has 122 valence electrons. The molecule has 0 aromatic heterocycles. The maximum atomic E-state index is 12.4. The van der Waals surface area contributed by atoms with E-state index >= 15 is 0 Å². The quantitative estimate of drug-likeness (QED) is 0.895. The SMILES string of the molecule is O=C(O)c1ccccc1Sc1ccc(S(=O)(=O)C(F)(F)F)cc1. The summed E-state index contributed by atoms with van der Waals surface area (Å²) in [7, 11) is -5.39. The summed E-state index contributed by atoms with van der Waals surface area (Å²) in [6.07, 6.45) is 0. The van der Waals surface area contributed by atoms with Gasteiger partial charge in [-0.1, -0.05) is 23.9 Å². The van der Waals surface area contributed by atoms with Gasteiger partial charge in [0.1, 0.15) is 0 Å². The van der Waals surface area contributed by atoms with E-state index < -0.39 is 26.2 Å². The van der Waals surface area contributed by atoms with Gasteiger partial charge in [-0.15, -0.1) is 0 Å². The Balaban J connectivity index is 2.31. The summed E-state index contributed by atoms with van der Waals surface area (Å²) >= 11 is 1.01. The Labute approximate surface area is 133 Å². The van der Waals surface area contributed by atoms with Gasteiger partial charge in [-0.2, -0.15) is 13.2 Å². The minimum Gasteiger partial charge on any atom is -0.478 e. The first-order valence-corrected chi connectivity index (χ1v) is 8.34. The van der Waals surface area contributed by atoms with Crippen LogP contribution in [-0.2, 0) is 9.84 Å². The average Bonchev–Trinajstić information content (AvgIpc) is 2.47. The van der Waals surface area contributed by atoms with Crippen molar-refractivity contribution in [3.05, 3.63) is 54.1 Å². The highest BCUT2D eigenvalue weighted by Gasteiger charge is 2.46. The number of sulfone groups is 1. The van der Waals surface area contributed by atoms with E-state index in [2.05, 4.69) is 0 Å². The normalized spacial score (nSPS) is 12.1. The molecular formula is C14H9F3O4S2. The van der Waals surface area contributed by atoms with E-state index in [0.29, 0.717) is 9.79 Å². The largest absolute Gasteiger partial charge is 0.501 e. The second kappa shape index (κ2) is 6.25. The van der Waals surface area contributed by atoms with E-state index in [9.17, 15) is 26.4 Å². The molecule has 2 rings (SSSR count). The summed E-state index contributed by atoms with van der Waals surface area (Å²) in [6, 6.07) is 10.2. The highest BCUT2D eigenvalue weighted by Crippen LogP contribution is 2.34. The molecule has 0 amide bonds. The summed E-state index contributed by atoms with van der Waals surface area (Å²) in [5.74, 6) is -1.13. The van der Waals surface area contributed by atoms with Gasteiger partial charge in [0.2, 0.25) is 0 Å². The molecule has 4 nitrogen and oxygen atoms in total. The molecule has 0 saturated carbocycles. The number of carboxylic acid groups (broad SMARTS) is 1. The van der Waals surface area contributed by atoms with E-state index in [4.69, 9.17) is 5.11 Å². The number of hydrogen-bond acceptors (Lipinski definition) is 4. The molecule has 0 unspecified atom stereocenters. The predicted molar refractivity (Wildman–Crippen MR) is 77.2 cm³/mol. The Morgan fingerprint density at radius 3 is 2.09 bits per heavy atom. The number of benzene rings is 2. The maximum Gasteiger partial charge on any atom is 0.501 e. The van der Waals surface area contributed by atoms with Crippen LogP contribution in [0.4, 0.5) is 13.2 Å². The first-order chi connectivity index (χ1) is 10.6. The summed E-state index contributed by atoms with van der Waals surface area (Å²) < 4.78 is 59.9. The molecule has 0 radical (unpaired) electrons. The van der Waals surface area contributed by atoms with E-state index in [1.54, 1.807) is 18.2 Å². The fourth-order valence-corrected chi connectivity index (χ4v) is 3.38. The highest BCUT2D eigenvalue weighted by molar-refractivity contribution is 7.99. The minimum absolute atomic E-state index is 0.0458. The Morgan fingerprint density at radius 2 is 1.57 bits per heavy atom. The van der Waals surface area contributed by atoms with Crippen molar-refractivity contribution in [1.82, 2.24) is 0 Å². The first-order valence-electron chi connectivity index (χ1n) is 6.04. The lowest BCUT2D eigenvalue weighted by atomic mass is 10.2. The third-order valence-electron chi connectivity index (χ3n) is 2.78. The molecule has 0 fully saturated rings. The summed E-state index contributed by atoms with van der Waals surface area (Å²) in [5, 5.41) is 9.07. The predicted octanol–water partition coefficient (Wildman–Crippen LogP) is 3.83. The van der Waals surface area contributed by atoms with E-state index in [-0.39, 0.29) is 5.56 Å². The topological polar surface area (TPSA) is 71.4 Å². The van der Waals surface area contributed by atoms with Gasteiger partial charge in [0, 0.05) is 9.79 Å².